The molecule has 1 N–H and O–H groups in total. The van der Waals surface area contributed by atoms with Gasteiger partial charge in [-0.25, -0.2) is 0 Å². The lowest BCUT2D eigenvalue weighted by Crippen LogP contribution is -2.17. The number of fused-ring (bicyclic) bond motifs is 1. The molecular formula is C24H18F3NOS. The number of amides is 1. The third kappa shape index (κ3) is 4.09. The molecule has 1 amide bonds. The Morgan fingerprint density at radius 3 is 2.50 bits per heavy atom. The summed E-state index contributed by atoms with van der Waals surface area (Å²) >= 11 is 1.57. The first-order valence-corrected chi connectivity index (χ1v) is 10.2. The van der Waals surface area contributed by atoms with Gasteiger partial charge in [0.05, 0.1) is 5.56 Å². The maximum Gasteiger partial charge on any atom is 0.416 e. The van der Waals surface area contributed by atoms with Crippen LogP contribution in [0.1, 0.15) is 26.4 Å². The standard InChI is InChI=1S/C24H18F3NOS/c1-28-23(29)18-8-3-6-16(13-18)21-10-4-7-17-14-20(30-22(17)21)12-15-5-2-9-19(11-15)24(25,26)27/h2-11,13-14H,12H2,1H3,(H,28,29). The predicted octanol–water partition coefficient (Wildman–Crippen LogP) is 6.54. The number of hydrogen-bond acceptors (Lipinski definition) is 2. The summed E-state index contributed by atoms with van der Waals surface area (Å²) in [6, 6.07) is 20.8. The molecule has 30 heavy (non-hydrogen) atoms. The lowest BCUT2D eigenvalue weighted by molar-refractivity contribution is -0.137. The highest BCUT2D eigenvalue weighted by atomic mass is 32.1. The molecule has 6 heteroatoms. The monoisotopic (exact) mass is 425 g/mol. The third-order valence-corrected chi connectivity index (χ3v) is 6.07. The number of carbonyl (C=O) groups is 1. The van der Waals surface area contributed by atoms with Crippen molar-refractivity contribution in [2.75, 3.05) is 7.05 Å². The number of carbonyl (C=O) groups excluding carboxylic acids is 1. The highest BCUT2D eigenvalue weighted by Crippen LogP contribution is 2.36. The quantitative estimate of drug-likeness (QED) is 0.395. The average molecular weight is 425 g/mol. The zero-order valence-corrected chi connectivity index (χ0v) is 16.9. The van der Waals surface area contributed by atoms with Crippen LogP contribution in [0.2, 0.25) is 0 Å². The van der Waals surface area contributed by atoms with E-state index in [9.17, 15) is 18.0 Å². The van der Waals surface area contributed by atoms with Crippen LogP contribution in [0.4, 0.5) is 13.2 Å². The zero-order valence-electron chi connectivity index (χ0n) is 16.1. The lowest BCUT2D eigenvalue weighted by atomic mass is 10.0. The maximum atomic E-state index is 13.0. The Bertz CT molecular complexity index is 1230. The van der Waals surface area contributed by atoms with Crippen molar-refractivity contribution < 1.29 is 18.0 Å². The van der Waals surface area contributed by atoms with Crippen LogP contribution in [-0.4, -0.2) is 13.0 Å². The van der Waals surface area contributed by atoms with Gasteiger partial charge in [0, 0.05) is 28.6 Å². The van der Waals surface area contributed by atoms with Gasteiger partial charge >= 0.3 is 6.18 Å². The Morgan fingerprint density at radius 1 is 0.967 bits per heavy atom. The minimum absolute atomic E-state index is 0.152. The molecule has 0 aliphatic carbocycles. The lowest BCUT2D eigenvalue weighted by Gasteiger charge is -2.08. The molecule has 0 spiro atoms. The van der Waals surface area contributed by atoms with Gasteiger partial charge in [-0.3, -0.25) is 4.79 Å². The van der Waals surface area contributed by atoms with Crippen molar-refractivity contribution in [3.05, 3.63) is 94.4 Å². The highest BCUT2D eigenvalue weighted by Gasteiger charge is 2.30. The van der Waals surface area contributed by atoms with E-state index in [4.69, 9.17) is 0 Å². The topological polar surface area (TPSA) is 29.1 Å². The number of rotatable bonds is 4. The Morgan fingerprint density at radius 2 is 1.73 bits per heavy atom. The summed E-state index contributed by atoms with van der Waals surface area (Å²) in [5, 5.41) is 3.66. The summed E-state index contributed by atoms with van der Waals surface area (Å²) in [6.07, 6.45) is -3.92. The first kappa shape index (κ1) is 20.2. The molecule has 3 aromatic carbocycles. The van der Waals surface area contributed by atoms with Crippen LogP contribution in [0.3, 0.4) is 0 Å². The van der Waals surface area contributed by atoms with Crippen LogP contribution < -0.4 is 5.32 Å². The van der Waals surface area contributed by atoms with E-state index in [2.05, 4.69) is 5.32 Å². The van der Waals surface area contributed by atoms with Crippen molar-refractivity contribution in [1.29, 1.82) is 0 Å². The number of nitrogens with one attached hydrogen (secondary N) is 1. The fourth-order valence-corrected chi connectivity index (χ4v) is 4.69. The van der Waals surface area contributed by atoms with E-state index in [1.54, 1.807) is 30.5 Å². The van der Waals surface area contributed by atoms with Crippen molar-refractivity contribution in [2.24, 2.45) is 0 Å². The molecule has 4 aromatic rings. The number of thiophene rings is 1. The minimum Gasteiger partial charge on any atom is -0.355 e. The summed E-state index contributed by atoms with van der Waals surface area (Å²) in [6.45, 7) is 0. The molecular weight excluding hydrogens is 407 g/mol. The second-order valence-electron chi connectivity index (χ2n) is 6.97. The van der Waals surface area contributed by atoms with Crippen molar-refractivity contribution in [1.82, 2.24) is 5.32 Å². The second-order valence-corrected chi connectivity index (χ2v) is 8.11. The molecule has 0 aliphatic rings. The molecule has 0 unspecified atom stereocenters. The van der Waals surface area contributed by atoms with Crippen LogP contribution in [0.5, 0.6) is 0 Å². The van der Waals surface area contributed by atoms with Crippen LogP contribution in [0.15, 0.2) is 72.8 Å². The molecule has 2 nitrogen and oxygen atoms in total. The molecule has 1 heterocycles. The minimum atomic E-state index is -4.35. The number of hydrogen-bond donors (Lipinski definition) is 1. The predicted molar refractivity (Wildman–Crippen MR) is 115 cm³/mol. The molecule has 0 atom stereocenters. The Balaban J connectivity index is 1.71. The Kier molecular flexibility index (Phi) is 5.35. The van der Waals surface area contributed by atoms with Crippen LogP contribution >= 0.6 is 11.3 Å². The fourth-order valence-electron chi connectivity index (χ4n) is 3.46. The number of benzene rings is 3. The normalized spacial score (nSPS) is 11.6. The smallest absolute Gasteiger partial charge is 0.355 e. The van der Waals surface area contributed by atoms with Crippen molar-refractivity contribution in [3.8, 4) is 11.1 Å². The van der Waals surface area contributed by atoms with E-state index in [1.165, 1.54) is 12.1 Å². The van der Waals surface area contributed by atoms with Gasteiger partial charge in [0.15, 0.2) is 0 Å². The molecule has 4 rings (SSSR count). The molecule has 0 saturated heterocycles. The Labute approximate surface area is 176 Å². The third-order valence-electron chi connectivity index (χ3n) is 4.89. The first-order chi connectivity index (χ1) is 14.3. The van der Waals surface area contributed by atoms with E-state index in [0.29, 0.717) is 17.5 Å². The fraction of sp³-hybridized carbons (Fsp3) is 0.125. The molecule has 0 saturated carbocycles. The summed E-state index contributed by atoms with van der Waals surface area (Å²) in [5.41, 5.74) is 2.49. The molecule has 0 aliphatic heterocycles. The molecule has 0 radical (unpaired) electrons. The van der Waals surface area contributed by atoms with Crippen LogP contribution in [-0.2, 0) is 12.6 Å². The van der Waals surface area contributed by atoms with Gasteiger partial charge in [-0.05, 0) is 46.3 Å². The molecule has 0 bridgehead atoms. The van der Waals surface area contributed by atoms with Gasteiger partial charge in [0.1, 0.15) is 0 Å². The van der Waals surface area contributed by atoms with Gasteiger partial charge in [-0.15, -0.1) is 11.3 Å². The van der Waals surface area contributed by atoms with Crippen LogP contribution in [0, 0.1) is 0 Å². The zero-order chi connectivity index (χ0) is 21.3. The van der Waals surface area contributed by atoms with Gasteiger partial charge in [-0.1, -0.05) is 48.5 Å². The van der Waals surface area contributed by atoms with Gasteiger partial charge < -0.3 is 5.32 Å². The van der Waals surface area contributed by atoms with Gasteiger partial charge in [-0.2, -0.15) is 13.2 Å². The molecule has 152 valence electrons. The largest absolute Gasteiger partial charge is 0.416 e. The van der Waals surface area contributed by atoms with Gasteiger partial charge in [0.25, 0.3) is 5.91 Å². The van der Waals surface area contributed by atoms with Crippen molar-refractivity contribution >= 4 is 27.3 Å². The van der Waals surface area contributed by atoms with E-state index in [-0.39, 0.29) is 5.91 Å². The molecule has 1 aromatic heterocycles. The number of alkyl halides is 3. The summed E-state index contributed by atoms with van der Waals surface area (Å²) in [4.78, 5) is 13.0. The van der Waals surface area contributed by atoms with E-state index >= 15 is 0 Å². The van der Waals surface area contributed by atoms with Crippen LogP contribution in [0.25, 0.3) is 21.2 Å². The maximum absolute atomic E-state index is 13.0. The summed E-state index contributed by atoms with van der Waals surface area (Å²) in [7, 11) is 1.59. The average Bonchev–Trinajstić information content (AvgIpc) is 3.15. The SMILES string of the molecule is CNC(=O)c1cccc(-c2cccc3cc(Cc4cccc(C(F)(F)F)c4)sc23)c1. The molecule has 0 fully saturated rings. The van der Waals surface area contributed by atoms with E-state index < -0.39 is 11.7 Å². The first-order valence-electron chi connectivity index (χ1n) is 9.35. The summed E-state index contributed by atoms with van der Waals surface area (Å²) < 4.78 is 40.1. The van der Waals surface area contributed by atoms with Crippen molar-refractivity contribution in [3.63, 3.8) is 0 Å². The van der Waals surface area contributed by atoms with E-state index in [0.717, 1.165) is 32.2 Å². The van der Waals surface area contributed by atoms with Gasteiger partial charge in [0.2, 0.25) is 0 Å². The second kappa shape index (κ2) is 7.95. The van der Waals surface area contributed by atoms with E-state index in [1.807, 2.05) is 42.5 Å². The van der Waals surface area contributed by atoms with Crippen molar-refractivity contribution in [2.45, 2.75) is 12.6 Å². The number of halogens is 3. The summed E-state index contributed by atoms with van der Waals surface area (Å²) in [5.74, 6) is -0.152. The Hall–Kier alpha value is -3.12. The highest BCUT2D eigenvalue weighted by molar-refractivity contribution is 7.19.